The standard InChI is InChI=1S/C24H22F3N5O3/c25-24(26,27)35-19-5-1-15(2-6-19)3-8-22(33)31-10-9-17-12-32(14-18(17)13-31)23(34)16-4-7-20-21(11-16)29-30-28-20/h1-8,11,17-18H,9-10,12-14H2,(H,28,29,30)/t17-,18+/m0/s1. The van der Waals surface area contributed by atoms with Crippen molar-refractivity contribution >= 4 is 28.9 Å². The minimum Gasteiger partial charge on any atom is -0.406 e. The van der Waals surface area contributed by atoms with Crippen LogP contribution in [0.5, 0.6) is 5.75 Å². The molecule has 0 spiro atoms. The number of nitrogens with one attached hydrogen (secondary N) is 1. The van der Waals surface area contributed by atoms with E-state index in [1.807, 2.05) is 4.90 Å². The van der Waals surface area contributed by atoms with Crippen LogP contribution in [0.2, 0.25) is 0 Å². The van der Waals surface area contributed by atoms with E-state index in [4.69, 9.17) is 0 Å². The SMILES string of the molecule is O=C(C=Cc1ccc(OC(F)(F)F)cc1)N1CC[C@H]2CN(C(=O)c3ccc4n[nH]nc4c3)C[C@H]2C1. The van der Waals surface area contributed by atoms with Gasteiger partial charge in [0.25, 0.3) is 5.91 Å². The molecule has 5 rings (SSSR count). The number of H-pyrrole nitrogens is 1. The fourth-order valence-electron chi connectivity index (χ4n) is 4.74. The number of benzene rings is 2. The minimum atomic E-state index is -4.75. The van der Waals surface area contributed by atoms with Crippen molar-refractivity contribution in [2.75, 3.05) is 26.2 Å². The Labute approximate surface area is 198 Å². The number of aromatic nitrogens is 3. The smallest absolute Gasteiger partial charge is 0.406 e. The highest BCUT2D eigenvalue weighted by atomic mass is 19.4. The molecule has 2 aromatic carbocycles. The summed E-state index contributed by atoms with van der Waals surface area (Å²) in [6.45, 7) is 2.38. The van der Waals surface area contributed by atoms with E-state index in [9.17, 15) is 22.8 Å². The Kier molecular flexibility index (Phi) is 5.91. The molecule has 0 aliphatic carbocycles. The maximum absolute atomic E-state index is 13.0. The predicted molar refractivity (Wildman–Crippen MR) is 120 cm³/mol. The third-order valence-electron chi connectivity index (χ3n) is 6.50. The molecule has 1 aromatic heterocycles. The first-order valence-corrected chi connectivity index (χ1v) is 11.2. The van der Waals surface area contributed by atoms with Gasteiger partial charge in [0.15, 0.2) is 0 Å². The van der Waals surface area contributed by atoms with Gasteiger partial charge in [0.1, 0.15) is 16.8 Å². The molecule has 2 atom stereocenters. The molecular weight excluding hydrogens is 463 g/mol. The average Bonchev–Trinajstić information content (AvgIpc) is 3.47. The third kappa shape index (κ3) is 5.13. The molecule has 11 heteroatoms. The summed E-state index contributed by atoms with van der Waals surface area (Å²) in [6, 6.07) is 10.5. The number of aromatic amines is 1. The molecule has 0 saturated carbocycles. The average molecular weight is 485 g/mol. The lowest BCUT2D eigenvalue weighted by molar-refractivity contribution is -0.274. The van der Waals surface area contributed by atoms with Crippen molar-refractivity contribution in [1.82, 2.24) is 25.2 Å². The molecule has 0 bridgehead atoms. The fourth-order valence-corrected chi connectivity index (χ4v) is 4.74. The maximum atomic E-state index is 13.0. The fraction of sp³-hybridized carbons (Fsp3) is 0.333. The number of halogens is 3. The van der Waals surface area contributed by atoms with Crippen LogP contribution in [0, 0.1) is 11.8 Å². The van der Waals surface area contributed by atoms with E-state index in [2.05, 4.69) is 20.1 Å². The number of carbonyl (C=O) groups is 2. The Morgan fingerprint density at radius 1 is 0.971 bits per heavy atom. The van der Waals surface area contributed by atoms with Crippen molar-refractivity contribution in [2.45, 2.75) is 12.8 Å². The molecule has 182 valence electrons. The number of piperidine rings is 1. The largest absolute Gasteiger partial charge is 0.573 e. The molecule has 1 N–H and O–H groups in total. The van der Waals surface area contributed by atoms with Gasteiger partial charge in [0.05, 0.1) is 0 Å². The zero-order chi connectivity index (χ0) is 24.6. The van der Waals surface area contributed by atoms with E-state index in [0.29, 0.717) is 54.3 Å². The molecule has 35 heavy (non-hydrogen) atoms. The molecule has 8 nitrogen and oxygen atoms in total. The summed E-state index contributed by atoms with van der Waals surface area (Å²) in [5, 5.41) is 10.6. The topological polar surface area (TPSA) is 91.4 Å². The highest BCUT2D eigenvalue weighted by Crippen LogP contribution is 2.32. The number of ether oxygens (including phenoxy) is 1. The molecule has 2 amide bonds. The Balaban J connectivity index is 1.17. The molecule has 2 fully saturated rings. The summed E-state index contributed by atoms with van der Waals surface area (Å²) >= 11 is 0. The van der Waals surface area contributed by atoms with Gasteiger partial charge in [-0.1, -0.05) is 12.1 Å². The molecule has 2 saturated heterocycles. The first-order chi connectivity index (χ1) is 16.7. The van der Waals surface area contributed by atoms with Gasteiger partial charge in [-0.3, -0.25) is 9.59 Å². The third-order valence-corrected chi connectivity index (χ3v) is 6.50. The lowest BCUT2D eigenvalue weighted by atomic mass is 9.88. The highest BCUT2D eigenvalue weighted by Gasteiger charge is 2.40. The lowest BCUT2D eigenvalue weighted by Crippen LogP contribution is -2.42. The number of carbonyl (C=O) groups excluding carboxylic acids is 2. The zero-order valence-electron chi connectivity index (χ0n) is 18.5. The Hall–Kier alpha value is -3.89. The van der Waals surface area contributed by atoms with Gasteiger partial charge in [0.2, 0.25) is 5.91 Å². The van der Waals surface area contributed by atoms with Gasteiger partial charge in [-0.2, -0.15) is 15.4 Å². The lowest BCUT2D eigenvalue weighted by Gasteiger charge is -2.33. The van der Waals surface area contributed by atoms with Gasteiger partial charge in [-0.15, -0.1) is 13.2 Å². The van der Waals surface area contributed by atoms with E-state index in [1.165, 1.54) is 30.3 Å². The molecule has 0 unspecified atom stereocenters. The maximum Gasteiger partial charge on any atom is 0.573 e. The van der Waals surface area contributed by atoms with Crippen LogP contribution in [0.3, 0.4) is 0 Å². The van der Waals surface area contributed by atoms with Crippen molar-refractivity contribution in [3.8, 4) is 5.75 Å². The summed E-state index contributed by atoms with van der Waals surface area (Å²) < 4.78 is 40.7. The Morgan fingerprint density at radius 3 is 2.46 bits per heavy atom. The van der Waals surface area contributed by atoms with E-state index < -0.39 is 6.36 Å². The van der Waals surface area contributed by atoms with Crippen molar-refractivity contribution < 1.29 is 27.5 Å². The molecule has 0 radical (unpaired) electrons. The number of fused-ring (bicyclic) bond motifs is 2. The van der Waals surface area contributed by atoms with Gasteiger partial charge in [-0.05, 0) is 60.2 Å². The van der Waals surface area contributed by atoms with Gasteiger partial charge in [0, 0.05) is 37.8 Å². The zero-order valence-corrected chi connectivity index (χ0v) is 18.5. The van der Waals surface area contributed by atoms with Crippen LogP contribution in [0.25, 0.3) is 17.1 Å². The van der Waals surface area contributed by atoms with E-state index in [0.717, 1.165) is 6.42 Å². The first-order valence-electron chi connectivity index (χ1n) is 11.2. The second-order valence-corrected chi connectivity index (χ2v) is 8.78. The quantitative estimate of drug-likeness (QED) is 0.572. The van der Waals surface area contributed by atoms with Crippen LogP contribution in [0.4, 0.5) is 13.2 Å². The van der Waals surface area contributed by atoms with Crippen LogP contribution in [0.1, 0.15) is 22.3 Å². The molecule has 3 heterocycles. The van der Waals surface area contributed by atoms with Crippen LogP contribution in [0.15, 0.2) is 48.5 Å². The van der Waals surface area contributed by atoms with Crippen molar-refractivity contribution in [3.05, 3.63) is 59.7 Å². The van der Waals surface area contributed by atoms with Gasteiger partial charge in [-0.25, -0.2) is 0 Å². The summed E-state index contributed by atoms with van der Waals surface area (Å²) in [7, 11) is 0. The van der Waals surface area contributed by atoms with E-state index in [-0.39, 0.29) is 23.5 Å². The Bertz CT molecular complexity index is 1270. The summed E-state index contributed by atoms with van der Waals surface area (Å²) in [5.74, 6) is -0.00625. The summed E-state index contributed by atoms with van der Waals surface area (Å²) in [6.07, 6.45) is -0.953. The monoisotopic (exact) mass is 485 g/mol. The van der Waals surface area contributed by atoms with Crippen molar-refractivity contribution in [1.29, 1.82) is 0 Å². The normalized spacial score (nSPS) is 20.4. The second kappa shape index (κ2) is 9.05. The predicted octanol–water partition coefficient (Wildman–Crippen LogP) is 3.49. The van der Waals surface area contributed by atoms with Crippen molar-refractivity contribution in [2.24, 2.45) is 11.8 Å². The van der Waals surface area contributed by atoms with Gasteiger partial charge < -0.3 is 14.5 Å². The molecule has 2 aliphatic rings. The number of amides is 2. The number of nitrogens with zero attached hydrogens (tertiary/aromatic N) is 4. The van der Waals surface area contributed by atoms with Gasteiger partial charge >= 0.3 is 6.36 Å². The number of hydrogen-bond donors (Lipinski definition) is 1. The highest BCUT2D eigenvalue weighted by molar-refractivity contribution is 5.97. The number of alkyl halides is 3. The second-order valence-electron chi connectivity index (χ2n) is 8.78. The number of likely N-dealkylation sites (tertiary alicyclic amines) is 2. The van der Waals surface area contributed by atoms with Crippen LogP contribution < -0.4 is 4.74 Å². The molecule has 3 aromatic rings. The number of rotatable bonds is 4. The number of hydrogen-bond acceptors (Lipinski definition) is 5. The van der Waals surface area contributed by atoms with Crippen LogP contribution >= 0.6 is 0 Å². The molecule has 2 aliphatic heterocycles. The summed E-state index contributed by atoms with van der Waals surface area (Å²) in [4.78, 5) is 29.4. The molecular formula is C24H22F3N5O3. The van der Waals surface area contributed by atoms with E-state index >= 15 is 0 Å². The minimum absolute atomic E-state index is 0.0555. The summed E-state index contributed by atoms with van der Waals surface area (Å²) in [5.41, 5.74) is 2.49. The van der Waals surface area contributed by atoms with E-state index in [1.54, 1.807) is 29.2 Å². The van der Waals surface area contributed by atoms with Crippen LogP contribution in [-0.2, 0) is 4.79 Å². The van der Waals surface area contributed by atoms with Crippen molar-refractivity contribution in [3.63, 3.8) is 0 Å². The first kappa shape index (κ1) is 22.9. The Morgan fingerprint density at radius 2 is 1.69 bits per heavy atom. The van der Waals surface area contributed by atoms with Crippen LogP contribution in [-0.4, -0.2) is 69.6 Å².